The number of carbonyl (C=O) groups is 3. The van der Waals surface area contributed by atoms with E-state index in [9.17, 15) is 19.5 Å². The summed E-state index contributed by atoms with van der Waals surface area (Å²) in [5.74, 6) is -1.64. The number of hydrogen-bond acceptors (Lipinski definition) is 5. The number of likely N-dealkylation sites (tertiary alicyclic amines) is 1. The van der Waals surface area contributed by atoms with Crippen molar-refractivity contribution in [1.82, 2.24) is 10.2 Å². The van der Waals surface area contributed by atoms with Gasteiger partial charge in [-0.3, -0.25) is 14.4 Å². The Morgan fingerprint density at radius 1 is 1.32 bits per heavy atom. The Morgan fingerprint density at radius 2 is 2.06 bits per heavy atom. The molecule has 1 aromatic rings. The Labute approximate surface area is 198 Å². The molecule has 3 aliphatic rings. The summed E-state index contributed by atoms with van der Waals surface area (Å²) in [5, 5.41) is 15.2. The first kappa shape index (κ1) is 22.9. The SMILES string of the molecule is CNC(=O)[C@H]1[C@H]2C(=O)N(CCCCO)C(C(=O)Nc3ccccc3Cl)C23CC(Br)[C@@H]1S3. The fraction of sp³-hybridized carbons (Fsp3) is 0.571. The van der Waals surface area contributed by atoms with Crippen molar-refractivity contribution < 1.29 is 19.5 Å². The van der Waals surface area contributed by atoms with E-state index in [-0.39, 0.29) is 34.4 Å². The van der Waals surface area contributed by atoms with Crippen LogP contribution in [0.3, 0.4) is 0 Å². The maximum Gasteiger partial charge on any atom is 0.248 e. The Balaban J connectivity index is 1.71. The van der Waals surface area contributed by atoms with Crippen LogP contribution >= 0.6 is 39.3 Å². The highest BCUT2D eigenvalue weighted by Gasteiger charge is 2.75. The Hall–Kier alpha value is -1.29. The number of nitrogens with zero attached hydrogens (tertiary/aromatic N) is 1. The van der Waals surface area contributed by atoms with Crippen LogP contribution in [0.25, 0.3) is 0 Å². The van der Waals surface area contributed by atoms with E-state index in [1.165, 1.54) is 0 Å². The fourth-order valence-electron chi connectivity index (χ4n) is 5.29. The van der Waals surface area contributed by atoms with Gasteiger partial charge in [-0.15, -0.1) is 11.8 Å². The lowest BCUT2D eigenvalue weighted by Gasteiger charge is -2.35. The van der Waals surface area contributed by atoms with Gasteiger partial charge in [0.2, 0.25) is 17.7 Å². The number of alkyl halides is 1. The first-order chi connectivity index (χ1) is 14.9. The molecule has 3 aliphatic heterocycles. The van der Waals surface area contributed by atoms with Crippen molar-refractivity contribution in [2.45, 2.75) is 40.1 Å². The number of carbonyl (C=O) groups excluding carboxylic acids is 3. The smallest absolute Gasteiger partial charge is 0.248 e. The zero-order valence-electron chi connectivity index (χ0n) is 17.0. The van der Waals surface area contributed by atoms with Gasteiger partial charge in [-0.25, -0.2) is 0 Å². The molecule has 0 radical (unpaired) electrons. The van der Waals surface area contributed by atoms with Crippen molar-refractivity contribution in [3.05, 3.63) is 29.3 Å². The number of amides is 3. The summed E-state index contributed by atoms with van der Waals surface area (Å²) in [4.78, 5) is 41.6. The average molecular weight is 531 g/mol. The first-order valence-corrected chi connectivity index (χ1v) is 12.5. The highest BCUT2D eigenvalue weighted by molar-refractivity contribution is 9.09. The molecule has 7 nitrogen and oxygen atoms in total. The third-order valence-corrected chi connectivity index (χ3v) is 10.1. The molecule has 0 saturated carbocycles. The van der Waals surface area contributed by atoms with Crippen molar-refractivity contribution in [3.63, 3.8) is 0 Å². The van der Waals surface area contributed by atoms with E-state index in [0.717, 1.165) is 0 Å². The van der Waals surface area contributed by atoms with Crippen LogP contribution in [0.4, 0.5) is 5.69 Å². The second-order valence-corrected chi connectivity index (χ2v) is 11.3. The van der Waals surface area contributed by atoms with Crippen LogP contribution in [0.15, 0.2) is 24.3 Å². The average Bonchev–Trinajstić information content (AvgIpc) is 3.33. The summed E-state index contributed by atoms with van der Waals surface area (Å²) < 4.78 is -0.683. The van der Waals surface area contributed by atoms with E-state index >= 15 is 0 Å². The molecule has 0 aromatic heterocycles. The minimum absolute atomic E-state index is 0.0221. The van der Waals surface area contributed by atoms with Gasteiger partial charge in [-0.2, -0.15) is 0 Å². The lowest BCUT2D eigenvalue weighted by atomic mass is 9.70. The van der Waals surface area contributed by atoms with Crippen molar-refractivity contribution in [3.8, 4) is 0 Å². The van der Waals surface area contributed by atoms with Crippen LogP contribution in [0.5, 0.6) is 0 Å². The molecule has 3 fully saturated rings. The molecule has 3 N–H and O–H groups in total. The van der Waals surface area contributed by atoms with Crippen LogP contribution in [0.2, 0.25) is 5.02 Å². The predicted octanol–water partition coefficient (Wildman–Crippen LogP) is 2.26. The number of halogens is 2. The summed E-state index contributed by atoms with van der Waals surface area (Å²) >= 11 is 11.5. The number of nitrogens with one attached hydrogen (secondary N) is 2. The maximum absolute atomic E-state index is 13.6. The van der Waals surface area contributed by atoms with Gasteiger partial charge in [0.1, 0.15) is 6.04 Å². The number of benzene rings is 1. The number of aliphatic hydroxyl groups is 1. The molecule has 2 bridgehead atoms. The number of anilines is 1. The number of hydrogen-bond donors (Lipinski definition) is 3. The van der Waals surface area contributed by atoms with E-state index in [4.69, 9.17) is 11.6 Å². The van der Waals surface area contributed by atoms with Crippen LogP contribution < -0.4 is 10.6 Å². The van der Waals surface area contributed by atoms with Gasteiger partial charge in [0, 0.05) is 30.3 Å². The van der Waals surface area contributed by atoms with Gasteiger partial charge in [0.15, 0.2) is 0 Å². The van der Waals surface area contributed by atoms with Gasteiger partial charge in [-0.05, 0) is 31.4 Å². The Kier molecular flexibility index (Phi) is 6.59. The molecular weight excluding hydrogens is 506 g/mol. The fourth-order valence-corrected chi connectivity index (χ4v) is 9.09. The van der Waals surface area contributed by atoms with Gasteiger partial charge in [-0.1, -0.05) is 39.7 Å². The maximum atomic E-state index is 13.6. The molecule has 4 rings (SSSR count). The van der Waals surface area contributed by atoms with E-state index in [1.54, 1.807) is 48.0 Å². The second-order valence-electron chi connectivity index (χ2n) is 8.21. The van der Waals surface area contributed by atoms with Gasteiger partial charge in [0.25, 0.3) is 0 Å². The van der Waals surface area contributed by atoms with Crippen LogP contribution in [-0.4, -0.2) is 68.8 Å². The van der Waals surface area contributed by atoms with E-state index in [1.807, 2.05) is 0 Å². The van der Waals surface area contributed by atoms with Crippen LogP contribution in [0.1, 0.15) is 19.3 Å². The number of aliphatic hydroxyl groups excluding tert-OH is 1. The van der Waals surface area contributed by atoms with E-state index in [0.29, 0.717) is 36.5 Å². The molecule has 10 heteroatoms. The van der Waals surface area contributed by atoms with Gasteiger partial charge >= 0.3 is 0 Å². The predicted molar refractivity (Wildman–Crippen MR) is 124 cm³/mol. The van der Waals surface area contributed by atoms with Crippen molar-refractivity contribution in [2.24, 2.45) is 11.8 Å². The van der Waals surface area contributed by atoms with E-state index < -0.39 is 22.6 Å². The molecular formula is C21H25BrClN3O4S. The van der Waals surface area contributed by atoms with E-state index in [2.05, 4.69) is 26.6 Å². The van der Waals surface area contributed by atoms with Crippen molar-refractivity contribution in [2.75, 3.05) is 25.5 Å². The lowest BCUT2D eigenvalue weighted by molar-refractivity contribution is -0.139. The number of fused-ring (bicyclic) bond motifs is 1. The number of thioether (sulfide) groups is 1. The largest absolute Gasteiger partial charge is 0.396 e. The number of unbranched alkanes of at least 4 members (excludes halogenated alkanes) is 1. The molecule has 168 valence electrons. The molecule has 3 unspecified atom stereocenters. The monoisotopic (exact) mass is 529 g/mol. The van der Waals surface area contributed by atoms with Crippen LogP contribution in [-0.2, 0) is 14.4 Å². The van der Waals surface area contributed by atoms with Crippen molar-refractivity contribution >= 4 is 62.7 Å². The molecule has 3 heterocycles. The van der Waals surface area contributed by atoms with Gasteiger partial charge in [0.05, 0.1) is 27.3 Å². The quantitative estimate of drug-likeness (QED) is 0.371. The summed E-state index contributed by atoms with van der Waals surface area (Å²) in [5.41, 5.74) is 0.493. The highest BCUT2D eigenvalue weighted by Crippen LogP contribution is 2.67. The molecule has 1 aromatic carbocycles. The summed E-state index contributed by atoms with van der Waals surface area (Å²) in [6.45, 7) is 0.380. The topological polar surface area (TPSA) is 98.7 Å². The minimum atomic E-state index is -0.718. The summed E-state index contributed by atoms with van der Waals surface area (Å²) in [7, 11) is 1.58. The standard InChI is InChI=1S/C21H25BrClN3O4S/c1-24-18(28)14-15-20(30)26(8-4-5-9-27)17(21(15)10-11(22)16(14)31-21)19(29)25-13-7-3-2-6-12(13)23/h2-3,6-7,11,14-17,27H,4-5,8-10H2,1H3,(H,24,28)(H,25,29)/t11?,14-,15-,16-,17?,21?/m0/s1. The van der Waals surface area contributed by atoms with Gasteiger partial charge < -0.3 is 20.6 Å². The summed E-state index contributed by atoms with van der Waals surface area (Å²) in [6, 6.07) is 6.27. The third kappa shape index (κ3) is 3.67. The Morgan fingerprint density at radius 3 is 2.74 bits per heavy atom. The molecule has 3 saturated heterocycles. The molecule has 0 aliphatic carbocycles. The third-order valence-electron chi connectivity index (χ3n) is 6.53. The Bertz CT molecular complexity index is 905. The molecule has 31 heavy (non-hydrogen) atoms. The minimum Gasteiger partial charge on any atom is -0.396 e. The first-order valence-electron chi connectivity index (χ1n) is 10.4. The van der Waals surface area contributed by atoms with Crippen molar-refractivity contribution in [1.29, 1.82) is 0 Å². The zero-order valence-corrected chi connectivity index (χ0v) is 20.2. The zero-order chi connectivity index (χ0) is 22.3. The molecule has 6 atom stereocenters. The number of rotatable bonds is 7. The van der Waals surface area contributed by atoms with Crippen LogP contribution in [0, 0.1) is 11.8 Å². The lowest BCUT2D eigenvalue weighted by Crippen LogP contribution is -2.53. The highest BCUT2D eigenvalue weighted by atomic mass is 79.9. The molecule has 3 amide bonds. The molecule has 1 spiro atoms. The second kappa shape index (κ2) is 8.92. The summed E-state index contributed by atoms with van der Waals surface area (Å²) in [6.07, 6.45) is 1.75. The number of para-hydroxylation sites is 1. The normalized spacial score (nSPS) is 33.5.